The van der Waals surface area contributed by atoms with E-state index in [2.05, 4.69) is 192 Å². The Morgan fingerprint density at radius 1 is 0.516 bits per heavy atom. The van der Waals surface area contributed by atoms with Gasteiger partial charge in [-0.1, -0.05) is 155 Å². The van der Waals surface area contributed by atoms with Crippen molar-refractivity contribution in [1.29, 1.82) is 0 Å². The molecule has 8 aromatic carbocycles. The van der Waals surface area contributed by atoms with Crippen LogP contribution in [-0.4, -0.2) is 11.3 Å². The molecular formula is C56H42BNOS3. The lowest BCUT2D eigenvalue weighted by molar-refractivity contribution is 0.590. The maximum Gasteiger partial charge on any atom is 0.252 e. The highest BCUT2D eigenvalue weighted by atomic mass is 32.2. The third-order valence-corrected chi connectivity index (χ3v) is 17.1. The van der Waals surface area contributed by atoms with E-state index in [9.17, 15) is 0 Å². The molecule has 0 spiro atoms. The standard InChI is InChI=1S/C56H42BNOS3/c1-55(2,3)33-20-24-41-38(28-33)39-29-34(56(4,5)6)21-25-42(39)58(41)35-22-23-40-45(30-35)60-46-26-32(31-14-8-7-9-15-31)27-47-50(46)57(40)51-52-48(36-16-10-12-18-43(36)59-52)49-37-17-11-13-19-44(37)61-53(49)54(51)62-47/h7-30H,1-6H3. The van der Waals surface area contributed by atoms with E-state index in [-0.39, 0.29) is 17.5 Å². The van der Waals surface area contributed by atoms with E-state index in [1.165, 1.54) is 117 Å². The Hall–Kier alpha value is -5.66. The SMILES string of the molecule is CC(C)(C)c1ccc2c(c1)c1cc(C(C)(C)C)ccc1n2-c1ccc2c(c1)Sc1cc(-c3ccccc3)cc3c1B2c1c(c2sc4ccccc4c2c2c1oc1ccccc12)S3. The van der Waals surface area contributed by atoms with Gasteiger partial charge in [-0.05, 0) is 105 Å². The minimum absolute atomic E-state index is 0.00545. The first-order chi connectivity index (χ1) is 30.0. The van der Waals surface area contributed by atoms with Crippen molar-refractivity contribution in [2.75, 3.05) is 0 Å². The van der Waals surface area contributed by atoms with Crippen molar-refractivity contribution in [2.24, 2.45) is 0 Å². The fourth-order valence-electron chi connectivity index (χ4n) is 10.3. The van der Waals surface area contributed by atoms with Crippen LogP contribution in [-0.2, 0) is 10.8 Å². The summed E-state index contributed by atoms with van der Waals surface area (Å²) in [4.78, 5) is 5.28. The summed E-state index contributed by atoms with van der Waals surface area (Å²) in [5.41, 5.74) is 15.0. The number of nitrogens with zero attached hydrogens (tertiary/aromatic N) is 1. The van der Waals surface area contributed by atoms with Gasteiger partial charge >= 0.3 is 0 Å². The number of hydrogen-bond acceptors (Lipinski definition) is 4. The molecule has 0 atom stereocenters. The maximum absolute atomic E-state index is 7.12. The molecule has 0 N–H and O–H groups in total. The van der Waals surface area contributed by atoms with Gasteiger partial charge < -0.3 is 8.98 Å². The second-order valence-corrected chi connectivity index (χ2v) is 22.4. The zero-order chi connectivity index (χ0) is 41.8. The van der Waals surface area contributed by atoms with Gasteiger partial charge in [-0.15, -0.1) is 11.3 Å². The molecule has 0 saturated heterocycles. The molecule has 0 saturated carbocycles. The number of furan rings is 1. The Bertz CT molecular complexity index is 3650. The molecule has 2 aliphatic rings. The van der Waals surface area contributed by atoms with E-state index in [4.69, 9.17) is 4.42 Å². The van der Waals surface area contributed by atoms with Crippen molar-refractivity contribution >= 4 is 122 Å². The highest BCUT2D eigenvalue weighted by Gasteiger charge is 2.42. The lowest BCUT2D eigenvalue weighted by Crippen LogP contribution is -2.58. The number of aromatic nitrogens is 1. The molecule has 62 heavy (non-hydrogen) atoms. The summed E-state index contributed by atoms with van der Waals surface area (Å²) in [5.74, 6) is 0. The molecule has 6 heteroatoms. The molecule has 0 fully saturated rings. The first-order valence-corrected chi connectivity index (χ1v) is 24.1. The summed E-state index contributed by atoms with van der Waals surface area (Å²) in [6.45, 7) is 13.9. The van der Waals surface area contributed by atoms with Gasteiger partial charge in [0.05, 0.1) is 11.0 Å². The summed E-state index contributed by atoms with van der Waals surface area (Å²) >= 11 is 5.81. The van der Waals surface area contributed by atoms with Gasteiger partial charge in [0.2, 0.25) is 0 Å². The van der Waals surface area contributed by atoms with Crippen LogP contribution in [0.15, 0.2) is 170 Å². The van der Waals surface area contributed by atoms with E-state index < -0.39 is 0 Å². The zero-order valence-electron chi connectivity index (χ0n) is 35.5. The Labute approximate surface area is 374 Å². The van der Waals surface area contributed by atoms with Crippen LogP contribution in [0.4, 0.5) is 0 Å². The average molecular weight is 852 g/mol. The monoisotopic (exact) mass is 851 g/mol. The number of rotatable bonds is 2. The Morgan fingerprint density at radius 3 is 1.87 bits per heavy atom. The highest BCUT2D eigenvalue weighted by Crippen LogP contribution is 2.51. The van der Waals surface area contributed by atoms with Crippen molar-refractivity contribution in [3.63, 3.8) is 0 Å². The predicted molar refractivity (Wildman–Crippen MR) is 270 cm³/mol. The number of thiophene rings is 1. The second-order valence-electron chi connectivity index (χ2n) is 19.3. The second kappa shape index (κ2) is 13.0. The molecule has 0 bridgehead atoms. The van der Waals surface area contributed by atoms with Gasteiger partial charge in [0.15, 0.2) is 0 Å². The Morgan fingerprint density at radius 2 is 1.16 bits per heavy atom. The fourth-order valence-corrected chi connectivity index (χ4v) is 14.3. The summed E-state index contributed by atoms with van der Waals surface area (Å²) in [7, 11) is 0. The van der Waals surface area contributed by atoms with Gasteiger partial charge in [0.25, 0.3) is 6.71 Å². The molecule has 0 radical (unpaired) electrons. The molecule has 13 rings (SSSR count). The molecule has 0 amide bonds. The first kappa shape index (κ1) is 36.9. The van der Waals surface area contributed by atoms with Gasteiger partial charge in [-0.3, -0.25) is 0 Å². The van der Waals surface area contributed by atoms with Gasteiger partial charge in [-0.25, -0.2) is 0 Å². The summed E-state index contributed by atoms with van der Waals surface area (Å²) in [6, 6.07) is 54.9. The largest absolute Gasteiger partial charge is 0.457 e. The Kier molecular flexibility index (Phi) is 7.72. The minimum Gasteiger partial charge on any atom is -0.457 e. The van der Waals surface area contributed by atoms with Crippen LogP contribution >= 0.6 is 34.9 Å². The van der Waals surface area contributed by atoms with Gasteiger partial charge in [-0.2, -0.15) is 0 Å². The number of fused-ring (bicyclic) bond motifs is 16. The van der Waals surface area contributed by atoms with Crippen LogP contribution in [0.2, 0.25) is 0 Å². The van der Waals surface area contributed by atoms with E-state index in [0.29, 0.717) is 0 Å². The van der Waals surface area contributed by atoms with Crippen LogP contribution in [0.5, 0.6) is 0 Å². The molecule has 0 unspecified atom stereocenters. The first-order valence-electron chi connectivity index (χ1n) is 21.6. The quantitative estimate of drug-likeness (QED) is 0.161. The van der Waals surface area contributed by atoms with Crippen LogP contribution in [0.1, 0.15) is 52.7 Å². The molecule has 3 aromatic heterocycles. The molecule has 0 aliphatic carbocycles. The lowest BCUT2D eigenvalue weighted by atomic mass is 9.36. The van der Waals surface area contributed by atoms with E-state index in [0.717, 1.165) is 11.2 Å². The number of hydrogen-bond donors (Lipinski definition) is 0. The number of benzene rings is 8. The average Bonchev–Trinajstić information content (AvgIpc) is 3.95. The smallest absolute Gasteiger partial charge is 0.252 e. The van der Waals surface area contributed by atoms with Crippen LogP contribution in [0.3, 0.4) is 0 Å². The third-order valence-electron chi connectivity index (χ3n) is 13.4. The minimum atomic E-state index is 0.00545. The van der Waals surface area contributed by atoms with Crippen molar-refractivity contribution in [3.05, 3.63) is 157 Å². The lowest BCUT2D eigenvalue weighted by Gasteiger charge is -2.34. The van der Waals surface area contributed by atoms with E-state index >= 15 is 0 Å². The van der Waals surface area contributed by atoms with Crippen LogP contribution in [0, 0.1) is 0 Å². The molecule has 5 heterocycles. The third kappa shape index (κ3) is 5.27. The van der Waals surface area contributed by atoms with Crippen LogP contribution < -0.4 is 16.4 Å². The summed E-state index contributed by atoms with van der Waals surface area (Å²) in [5, 5.41) is 7.66. The van der Waals surface area contributed by atoms with Crippen LogP contribution in [0.25, 0.3) is 80.7 Å². The normalized spacial score (nSPS) is 13.8. The Balaban J connectivity index is 1.10. The fraction of sp³-hybridized carbons (Fsp3) is 0.143. The summed E-state index contributed by atoms with van der Waals surface area (Å²) < 4.78 is 12.3. The van der Waals surface area contributed by atoms with Crippen molar-refractivity contribution in [2.45, 2.75) is 72.0 Å². The van der Waals surface area contributed by atoms with Gasteiger partial charge in [0, 0.05) is 67.0 Å². The predicted octanol–water partition coefficient (Wildman–Crippen LogP) is 14.8. The van der Waals surface area contributed by atoms with Crippen molar-refractivity contribution in [3.8, 4) is 16.8 Å². The highest BCUT2D eigenvalue weighted by molar-refractivity contribution is 8.01. The van der Waals surface area contributed by atoms with Crippen molar-refractivity contribution < 1.29 is 4.42 Å². The van der Waals surface area contributed by atoms with Crippen molar-refractivity contribution in [1.82, 2.24) is 4.57 Å². The molecule has 11 aromatic rings. The molecular weight excluding hydrogens is 810 g/mol. The molecule has 298 valence electrons. The topological polar surface area (TPSA) is 18.1 Å². The molecule has 2 aliphatic heterocycles. The molecule has 2 nitrogen and oxygen atoms in total. The zero-order valence-corrected chi connectivity index (χ0v) is 38.0. The van der Waals surface area contributed by atoms with E-state index in [1.807, 2.05) is 34.9 Å². The number of para-hydroxylation sites is 1. The van der Waals surface area contributed by atoms with Gasteiger partial charge in [0.1, 0.15) is 11.2 Å². The van der Waals surface area contributed by atoms with E-state index in [1.54, 1.807) is 0 Å². The maximum atomic E-state index is 7.12. The summed E-state index contributed by atoms with van der Waals surface area (Å²) in [6.07, 6.45) is 0.